The standard InChI is InChI=1S/C22H29NO7/c24-21-17-20(18-3-1-2-4-19(18)22(21)25)23-5-7-26-9-11-28-13-15-30-16-14-29-12-10-27-8-6-23/h1-4,17H,5-16H2. The Morgan fingerprint density at radius 1 is 0.600 bits per heavy atom. The van der Waals surface area contributed by atoms with Crippen molar-refractivity contribution >= 4 is 17.3 Å². The van der Waals surface area contributed by atoms with Gasteiger partial charge in [0, 0.05) is 36.0 Å². The zero-order valence-corrected chi connectivity index (χ0v) is 17.2. The lowest BCUT2D eigenvalue weighted by Gasteiger charge is -2.30. The van der Waals surface area contributed by atoms with Crippen LogP contribution >= 0.6 is 0 Å². The van der Waals surface area contributed by atoms with Crippen LogP contribution in [0.15, 0.2) is 30.3 Å². The molecule has 0 radical (unpaired) electrons. The van der Waals surface area contributed by atoms with Crippen LogP contribution in [0.1, 0.15) is 15.9 Å². The van der Waals surface area contributed by atoms with Gasteiger partial charge in [-0.1, -0.05) is 24.3 Å². The van der Waals surface area contributed by atoms with Gasteiger partial charge in [-0.25, -0.2) is 0 Å². The van der Waals surface area contributed by atoms with E-state index in [9.17, 15) is 9.59 Å². The average molecular weight is 419 g/mol. The Bertz CT molecular complexity index is 716. The fourth-order valence-electron chi connectivity index (χ4n) is 3.25. The summed E-state index contributed by atoms with van der Waals surface area (Å²) in [6.07, 6.45) is 1.42. The van der Waals surface area contributed by atoms with Crippen molar-refractivity contribution in [1.29, 1.82) is 0 Å². The molecule has 1 aromatic rings. The third-order valence-electron chi connectivity index (χ3n) is 4.78. The molecule has 0 N–H and O–H groups in total. The molecular weight excluding hydrogens is 390 g/mol. The van der Waals surface area contributed by atoms with Crippen LogP contribution < -0.4 is 0 Å². The van der Waals surface area contributed by atoms with Crippen LogP contribution in [0.3, 0.4) is 0 Å². The summed E-state index contributed by atoms with van der Waals surface area (Å²) in [5.41, 5.74) is 1.92. The van der Waals surface area contributed by atoms with Gasteiger partial charge in [0.05, 0.1) is 66.1 Å². The van der Waals surface area contributed by atoms with Crippen molar-refractivity contribution in [1.82, 2.24) is 4.90 Å². The molecule has 0 saturated carbocycles. The van der Waals surface area contributed by atoms with Crippen LogP contribution in [0.25, 0.3) is 5.70 Å². The van der Waals surface area contributed by atoms with E-state index in [-0.39, 0.29) is 0 Å². The molecule has 2 aliphatic rings. The van der Waals surface area contributed by atoms with Crippen molar-refractivity contribution < 1.29 is 33.3 Å². The SMILES string of the molecule is O=C1C=C(N2CCOCCOCCOCCOCCOCC2)c2ccccc2C1=O. The van der Waals surface area contributed by atoms with Crippen LogP contribution in [0.4, 0.5) is 0 Å². The highest BCUT2D eigenvalue weighted by molar-refractivity contribution is 6.50. The van der Waals surface area contributed by atoms with Crippen molar-refractivity contribution in [2.45, 2.75) is 0 Å². The second-order valence-corrected chi connectivity index (χ2v) is 6.82. The monoisotopic (exact) mass is 419 g/mol. The normalized spacial score (nSPS) is 21.3. The average Bonchev–Trinajstić information content (AvgIpc) is 2.76. The molecule has 8 heteroatoms. The summed E-state index contributed by atoms with van der Waals surface area (Å²) >= 11 is 0. The van der Waals surface area contributed by atoms with Gasteiger partial charge < -0.3 is 28.6 Å². The minimum absolute atomic E-state index is 0.435. The lowest BCUT2D eigenvalue weighted by atomic mass is 9.92. The van der Waals surface area contributed by atoms with Gasteiger partial charge in [-0.2, -0.15) is 0 Å². The van der Waals surface area contributed by atoms with Crippen LogP contribution in [-0.2, 0) is 28.5 Å². The summed E-state index contributed by atoms with van der Waals surface area (Å²) < 4.78 is 27.7. The first-order valence-corrected chi connectivity index (χ1v) is 10.3. The van der Waals surface area contributed by atoms with E-state index >= 15 is 0 Å². The second-order valence-electron chi connectivity index (χ2n) is 6.82. The molecule has 1 aromatic carbocycles. The number of ketones is 2. The molecule has 1 saturated heterocycles. The first-order valence-electron chi connectivity index (χ1n) is 10.3. The Kier molecular flexibility index (Phi) is 9.46. The number of carbonyl (C=O) groups excluding carboxylic acids is 2. The van der Waals surface area contributed by atoms with Gasteiger partial charge >= 0.3 is 0 Å². The van der Waals surface area contributed by atoms with E-state index in [0.29, 0.717) is 84.7 Å². The molecular formula is C22H29NO7. The van der Waals surface area contributed by atoms with Gasteiger partial charge in [0.1, 0.15) is 0 Å². The molecule has 0 atom stereocenters. The van der Waals surface area contributed by atoms with E-state index in [2.05, 4.69) is 0 Å². The van der Waals surface area contributed by atoms with Gasteiger partial charge in [0.2, 0.25) is 11.6 Å². The van der Waals surface area contributed by atoms with E-state index in [1.807, 2.05) is 17.0 Å². The predicted octanol–water partition coefficient (Wildman–Crippen LogP) is 1.19. The van der Waals surface area contributed by atoms with Gasteiger partial charge in [-0.15, -0.1) is 0 Å². The maximum absolute atomic E-state index is 12.2. The first-order chi connectivity index (χ1) is 14.8. The number of carbonyl (C=O) groups is 2. The minimum atomic E-state index is -0.506. The quantitative estimate of drug-likeness (QED) is 0.628. The molecule has 0 amide bonds. The summed E-state index contributed by atoms with van der Waals surface area (Å²) in [7, 11) is 0. The maximum atomic E-state index is 12.2. The Morgan fingerprint density at radius 2 is 1.03 bits per heavy atom. The van der Waals surface area contributed by atoms with Gasteiger partial charge in [0.25, 0.3) is 0 Å². The van der Waals surface area contributed by atoms with Crippen molar-refractivity contribution in [2.24, 2.45) is 0 Å². The number of fused-ring (bicyclic) bond motifs is 1. The number of Topliss-reactive ketones (excluding diaryl/α,β-unsaturated/α-hetero) is 1. The zero-order valence-electron chi connectivity index (χ0n) is 17.2. The Morgan fingerprint density at radius 3 is 1.53 bits per heavy atom. The number of rotatable bonds is 1. The molecule has 164 valence electrons. The Balaban J connectivity index is 1.65. The van der Waals surface area contributed by atoms with Crippen LogP contribution in [-0.4, -0.2) is 95.6 Å². The fraction of sp³-hybridized carbons (Fsp3) is 0.545. The van der Waals surface area contributed by atoms with Crippen molar-refractivity contribution in [2.75, 3.05) is 79.2 Å². The summed E-state index contributed by atoms with van der Waals surface area (Å²) in [4.78, 5) is 26.5. The van der Waals surface area contributed by atoms with Crippen molar-refractivity contribution in [3.8, 4) is 0 Å². The molecule has 8 nitrogen and oxygen atoms in total. The number of nitrogens with zero attached hydrogens (tertiary/aromatic N) is 1. The molecule has 0 unspecified atom stereocenters. The van der Waals surface area contributed by atoms with E-state index in [4.69, 9.17) is 23.7 Å². The third-order valence-corrected chi connectivity index (χ3v) is 4.78. The molecule has 1 heterocycles. The molecule has 1 aliphatic carbocycles. The zero-order chi connectivity index (χ0) is 21.0. The first kappa shape index (κ1) is 22.6. The Hall–Kier alpha value is -2.10. The summed E-state index contributed by atoms with van der Waals surface area (Å²) in [6, 6.07) is 7.19. The smallest absolute Gasteiger partial charge is 0.233 e. The highest BCUT2D eigenvalue weighted by atomic mass is 16.6. The number of ether oxygens (including phenoxy) is 5. The van der Waals surface area contributed by atoms with Crippen LogP contribution in [0.5, 0.6) is 0 Å². The van der Waals surface area contributed by atoms with E-state index in [1.165, 1.54) is 6.08 Å². The van der Waals surface area contributed by atoms with E-state index < -0.39 is 11.6 Å². The lowest BCUT2D eigenvalue weighted by Crippen LogP contribution is -2.33. The molecule has 0 aromatic heterocycles. The topological polar surface area (TPSA) is 83.5 Å². The van der Waals surface area contributed by atoms with Crippen LogP contribution in [0, 0.1) is 0 Å². The lowest BCUT2D eigenvalue weighted by molar-refractivity contribution is -0.111. The molecule has 3 rings (SSSR count). The highest BCUT2D eigenvalue weighted by Gasteiger charge is 2.28. The highest BCUT2D eigenvalue weighted by Crippen LogP contribution is 2.27. The van der Waals surface area contributed by atoms with Crippen molar-refractivity contribution in [3.63, 3.8) is 0 Å². The number of benzene rings is 1. The maximum Gasteiger partial charge on any atom is 0.233 e. The van der Waals surface area contributed by atoms with Crippen molar-refractivity contribution in [3.05, 3.63) is 41.5 Å². The van der Waals surface area contributed by atoms with Gasteiger partial charge in [0.15, 0.2) is 0 Å². The number of hydrogen-bond acceptors (Lipinski definition) is 8. The number of hydrogen-bond donors (Lipinski definition) is 0. The summed E-state index contributed by atoms with van der Waals surface area (Å²) in [5.74, 6) is -0.976. The third kappa shape index (κ3) is 6.72. The predicted molar refractivity (Wildman–Crippen MR) is 109 cm³/mol. The summed E-state index contributed by atoms with van der Waals surface area (Å²) in [5, 5.41) is 0. The van der Waals surface area contributed by atoms with Gasteiger partial charge in [-0.3, -0.25) is 9.59 Å². The second kappa shape index (κ2) is 12.6. The summed E-state index contributed by atoms with van der Waals surface area (Å²) in [6.45, 7) is 6.03. The largest absolute Gasteiger partial charge is 0.377 e. The molecule has 0 spiro atoms. The van der Waals surface area contributed by atoms with Crippen LogP contribution in [0.2, 0.25) is 0 Å². The fourth-order valence-corrected chi connectivity index (χ4v) is 3.25. The Labute approximate surface area is 176 Å². The van der Waals surface area contributed by atoms with Gasteiger partial charge in [-0.05, 0) is 0 Å². The molecule has 1 fully saturated rings. The molecule has 0 bridgehead atoms. The van der Waals surface area contributed by atoms with E-state index in [0.717, 1.165) is 11.3 Å². The molecule has 30 heavy (non-hydrogen) atoms. The number of allylic oxidation sites excluding steroid dienone is 1. The molecule has 1 aliphatic heterocycles. The van der Waals surface area contributed by atoms with E-state index in [1.54, 1.807) is 12.1 Å². The minimum Gasteiger partial charge on any atom is -0.377 e.